The molecule has 1 atom stereocenters. The van der Waals surface area contributed by atoms with Crippen LogP contribution >= 0.6 is 11.3 Å². The fraction of sp³-hybridized carbons (Fsp3) is 0.263. The van der Waals surface area contributed by atoms with E-state index in [2.05, 4.69) is 17.5 Å². The highest BCUT2D eigenvalue weighted by atomic mass is 32.2. The molecule has 1 fully saturated rings. The van der Waals surface area contributed by atoms with E-state index < -0.39 is 10.0 Å². The second kappa shape index (κ2) is 7.00. The zero-order valence-corrected chi connectivity index (χ0v) is 15.9. The third-order valence-electron chi connectivity index (χ3n) is 4.58. The Morgan fingerprint density at radius 3 is 2.69 bits per heavy atom. The summed E-state index contributed by atoms with van der Waals surface area (Å²) in [5.41, 5.74) is 1.06. The van der Waals surface area contributed by atoms with Crippen molar-refractivity contribution in [3.8, 4) is 5.75 Å². The smallest absolute Gasteiger partial charge is 0.243 e. The van der Waals surface area contributed by atoms with Crippen LogP contribution in [-0.4, -0.2) is 39.5 Å². The molecule has 0 saturated carbocycles. The summed E-state index contributed by atoms with van der Waals surface area (Å²) in [5, 5.41) is 3.20. The number of ether oxygens (including phenoxy) is 2. The van der Waals surface area contributed by atoms with Crippen LogP contribution in [0.25, 0.3) is 10.1 Å². The number of thiophene rings is 1. The lowest BCUT2D eigenvalue weighted by atomic mass is 10.1. The van der Waals surface area contributed by atoms with Crippen molar-refractivity contribution in [2.45, 2.75) is 11.0 Å². The molecule has 1 saturated heterocycles. The van der Waals surface area contributed by atoms with E-state index in [0.717, 1.165) is 10.9 Å². The monoisotopic (exact) mass is 389 g/mol. The van der Waals surface area contributed by atoms with Gasteiger partial charge < -0.3 is 9.47 Å². The van der Waals surface area contributed by atoms with Gasteiger partial charge in [-0.25, -0.2) is 8.42 Å². The maximum atomic E-state index is 13.0. The van der Waals surface area contributed by atoms with Crippen LogP contribution in [0.4, 0.5) is 0 Å². The van der Waals surface area contributed by atoms with Gasteiger partial charge >= 0.3 is 0 Å². The molecule has 3 aromatic rings. The molecule has 0 aliphatic carbocycles. The predicted octanol–water partition coefficient (Wildman–Crippen LogP) is 3.67. The van der Waals surface area contributed by atoms with Gasteiger partial charge in [-0.05, 0) is 41.1 Å². The zero-order valence-electron chi connectivity index (χ0n) is 14.3. The van der Waals surface area contributed by atoms with Crippen LogP contribution in [0.3, 0.4) is 0 Å². The van der Waals surface area contributed by atoms with Crippen molar-refractivity contribution >= 4 is 31.4 Å². The van der Waals surface area contributed by atoms with Crippen molar-refractivity contribution in [1.82, 2.24) is 4.31 Å². The van der Waals surface area contributed by atoms with Crippen molar-refractivity contribution in [2.75, 3.05) is 26.8 Å². The number of hydrogen-bond acceptors (Lipinski definition) is 5. The van der Waals surface area contributed by atoms with E-state index in [9.17, 15) is 8.42 Å². The van der Waals surface area contributed by atoms with Gasteiger partial charge in [-0.1, -0.05) is 18.2 Å². The fourth-order valence-corrected chi connectivity index (χ4v) is 5.60. The van der Waals surface area contributed by atoms with E-state index in [-0.39, 0.29) is 11.0 Å². The van der Waals surface area contributed by atoms with Gasteiger partial charge in [0.05, 0.1) is 24.7 Å². The van der Waals surface area contributed by atoms with Gasteiger partial charge in [0.15, 0.2) is 0 Å². The van der Waals surface area contributed by atoms with E-state index in [1.165, 1.54) is 9.01 Å². The number of methoxy groups -OCH3 is 1. The molecule has 2 aromatic carbocycles. The van der Waals surface area contributed by atoms with Crippen molar-refractivity contribution < 1.29 is 17.9 Å². The van der Waals surface area contributed by atoms with Gasteiger partial charge in [0.1, 0.15) is 5.75 Å². The van der Waals surface area contributed by atoms with E-state index in [4.69, 9.17) is 9.47 Å². The molecule has 0 radical (unpaired) electrons. The standard InChI is InChI=1S/C19H19NO4S2/c1-23-14-6-8-15(9-7-14)26(21,22)20-10-11-24-18(12-20)17-13-25-19-5-3-2-4-16(17)19/h2-9,13,18H,10-12H2,1H3/t18-/m0/s1. The summed E-state index contributed by atoms with van der Waals surface area (Å²) >= 11 is 1.65. The molecule has 26 heavy (non-hydrogen) atoms. The zero-order chi connectivity index (χ0) is 18.1. The number of benzene rings is 2. The number of rotatable bonds is 4. The second-order valence-electron chi connectivity index (χ2n) is 6.09. The topological polar surface area (TPSA) is 55.8 Å². The van der Waals surface area contributed by atoms with Gasteiger partial charge in [0.25, 0.3) is 0 Å². The molecule has 5 nitrogen and oxygen atoms in total. The average molecular weight is 389 g/mol. The molecular formula is C19H19NO4S2. The lowest BCUT2D eigenvalue weighted by Crippen LogP contribution is -2.42. The van der Waals surface area contributed by atoms with Crippen molar-refractivity contribution in [1.29, 1.82) is 0 Å². The van der Waals surface area contributed by atoms with E-state index in [1.54, 1.807) is 42.7 Å². The molecule has 1 aromatic heterocycles. The normalized spacial score (nSPS) is 18.9. The molecule has 0 amide bonds. The third-order valence-corrected chi connectivity index (χ3v) is 7.45. The van der Waals surface area contributed by atoms with Crippen LogP contribution in [0.15, 0.2) is 58.8 Å². The minimum atomic E-state index is -3.56. The summed E-state index contributed by atoms with van der Waals surface area (Å²) in [6.45, 7) is 1.05. The first-order valence-corrected chi connectivity index (χ1v) is 10.6. The van der Waals surface area contributed by atoms with Gasteiger partial charge in [-0.15, -0.1) is 11.3 Å². The quantitative estimate of drug-likeness (QED) is 0.683. The van der Waals surface area contributed by atoms with Crippen LogP contribution in [0.2, 0.25) is 0 Å². The maximum Gasteiger partial charge on any atom is 0.243 e. The summed E-state index contributed by atoms with van der Waals surface area (Å²) in [4.78, 5) is 0.272. The van der Waals surface area contributed by atoms with Crippen LogP contribution in [0.5, 0.6) is 5.75 Å². The Bertz CT molecular complexity index is 1010. The fourth-order valence-electron chi connectivity index (χ4n) is 3.18. The predicted molar refractivity (Wildman–Crippen MR) is 102 cm³/mol. The lowest BCUT2D eigenvalue weighted by molar-refractivity contribution is -0.00154. The summed E-state index contributed by atoms with van der Waals surface area (Å²) < 4.78 is 39.7. The molecule has 0 unspecified atom stereocenters. The molecular weight excluding hydrogens is 370 g/mol. The van der Waals surface area contributed by atoms with Crippen molar-refractivity contribution in [3.63, 3.8) is 0 Å². The SMILES string of the molecule is COc1ccc(S(=O)(=O)N2CCO[C@H](c3csc4ccccc34)C2)cc1. The van der Waals surface area contributed by atoms with E-state index in [0.29, 0.717) is 25.4 Å². The summed E-state index contributed by atoms with van der Waals surface area (Å²) in [5.74, 6) is 0.633. The van der Waals surface area contributed by atoms with E-state index in [1.807, 2.05) is 12.1 Å². The van der Waals surface area contributed by atoms with Crippen LogP contribution < -0.4 is 4.74 Å². The first-order chi connectivity index (χ1) is 12.6. The molecule has 2 heterocycles. The van der Waals surface area contributed by atoms with Gasteiger partial charge in [0, 0.05) is 23.4 Å². The number of nitrogens with zero attached hydrogens (tertiary/aromatic N) is 1. The molecule has 0 N–H and O–H groups in total. The maximum absolute atomic E-state index is 13.0. The minimum Gasteiger partial charge on any atom is -0.497 e. The highest BCUT2D eigenvalue weighted by molar-refractivity contribution is 7.89. The van der Waals surface area contributed by atoms with Crippen LogP contribution in [-0.2, 0) is 14.8 Å². The van der Waals surface area contributed by atoms with Gasteiger partial charge in [-0.3, -0.25) is 0 Å². The number of hydrogen-bond donors (Lipinski definition) is 0. The summed E-state index contributed by atoms with van der Waals surface area (Å²) in [6, 6.07) is 14.6. The minimum absolute atomic E-state index is 0.257. The number of morpholine rings is 1. The van der Waals surface area contributed by atoms with Crippen molar-refractivity contribution in [2.24, 2.45) is 0 Å². The molecule has 136 valence electrons. The Morgan fingerprint density at radius 2 is 1.92 bits per heavy atom. The first kappa shape index (κ1) is 17.5. The largest absolute Gasteiger partial charge is 0.497 e. The third kappa shape index (κ3) is 3.12. The molecule has 4 rings (SSSR count). The average Bonchev–Trinajstić information content (AvgIpc) is 3.12. The Hall–Kier alpha value is -1.93. The second-order valence-corrected chi connectivity index (χ2v) is 8.93. The first-order valence-electron chi connectivity index (χ1n) is 8.31. The van der Waals surface area contributed by atoms with Gasteiger partial charge in [0.2, 0.25) is 10.0 Å². The summed E-state index contributed by atoms with van der Waals surface area (Å²) in [7, 11) is -2.01. The summed E-state index contributed by atoms with van der Waals surface area (Å²) in [6.07, 6.45) is -0.257. The number of sulfonamides is 1. The van der Waals surface area contributed by atoms with E-state index >= 15 is 0 Å². The van der Waals surface area contributed by atoms with Crippen LogP contribution in [0.1, 0.15) is 11.7 Å². The molecule has 7 heteroatoms. The molecule has 1 aliphatic heterocycles. The van der Waals surface area contributed by atoms with Gasteiger partial charge in [-0.2, -0.15) is 4.31 Å². The Balaban J connectivity index is 1.61. The van der Waals surface area contributed by atoms with Crippen molar-refractivity contribution in [3.05, 3.63) is 59.5 Å². The highest BCUT2D eigenvalue weighted by Gasteiger charge is 2.32. The van der Waals surface area contributed by atoms with Crippen LogP contribution in [0, 0.1) is 0 Å². The Morgan fingerprint density at radius 1 is 1.15 bits per heavy atom. The highest BCUT2D eigenvalue weighted by Crippen LogP contribution is 2.34. The molecule has 1 aliphatic rings. The lowest BCUT2D eigenvalue weighted by Gasteiger charge is -2.32. The Kier molecular flexibility index (Phi) is 4.71. The molecule has 0 spiro atoms. The number of fused-ring (bicyclic) bond motifs is 1. The Labute approximate surface area is 156 Å². The molecule has 0 bridgehead atoms.